The maximum atomic E-state index is 13.3. The van der Waals surface area contributed by atoms with Crippen LogP contribution in [-0.2, 0) is 9.59 Å². The molecule has 0 radical (unpaired) electrons. The number of aromatic nitrogens is 1. The van der Waals surface area contributed by atoms with Gasteiger partial charge in [0.15, 0.2) is 0 Å². The molecule has 1 saturated heterocycles. The van der Waals surface area contributed by atoms with Gasteiger partial charge in [-0.2, -0.15) is 0 Å². The van der Waals surface area contributed by atoms with E-state index in [4.69, 9.17) is 4.74 Å². The van der Waals surface area contributed by atoms with Crippen LogP contribution < -0.4 is 9.64 Å². The minimum absolute atomic E-state index is 0.0249. The second-order valence-corrected chi connectivity index (χ2v) is 9.19. The molecule has 0 spiro atoms. The van der Waals surface area contributed by atoms with E-state index in [9.17, 15) is 14.7 Å². The first kappa shape index (κ1) is 23.7. The van der Waals surface area contributed by atoms with Crippen LogP contribution in [0.1, 0.15) is 49.4 Å². The molecule has 1 aromatic heterocycles. The van der Waals surface area contributed by atoms with Gasteiger partial charge in [0.2, 0.25) is 0 Å². The first-order chi connectivity index (χ1) is 16.3. The summed E-state index contributed by atoms with van der Waals surface area (Å²) in [4.78, 5) is 32.1. The topological polar surface area (TPSA) is 79.7 Å². The van der Waals surface area contributed by atoms with Crippen molar-refractivity contribution in [2.24, 2.45) is 0 Å². The predicted octanol–water partition coefficient (Wildman–Crippen LogP) is 5.99. The smallest absolute Gasteiger partial charge is 0.300 e. The fourth-order valence-corrected chi connectivity index (χ4v) is 4.55. The molecule has 7 heteroatoms. The van der Waals surface area contributed by atoms with E-state index in [1.807, 2.05) is 32.9 Å². The van der Waals surface area contributed by atoms with E-state index in [2.05, 4.69) is 20.9 Å². The van der Waals surface area contributed by atoms with Crippen LogP contribution in [0, 0.1) is 0 Å². The highest BCUT2D eigenvalue weighted by Crippen LogP contribution is 2.43. The molecule has 1 aliphatic heterocycles. The summed E-state index contributed by atoms with van der Waals surface area (Å²) in [7, 11) is 0. The molecule has 1 atom stereocenters. The molecule has 3 aromatic rings. The highest BCUT2D eigenvalue weighted by Gasteiger charge is 2.47. The second kappa shape index (κ2) is 9.81. The molecule has 1 unspecified atom stereocenters. The number of pyridine rings is 1. The maximum Gasteiger partial charge on any atom is 0.300 e. The number of Topliss-reactive ketones (excluding diaryl/α,β-unsaturated/α-hetero) is 1. The number of amides is 1. The molecule has 6 nitrogen and oxygen atoms in total. The van der Waals surface area contributed by atoms with Crippen LogP contribution in [0.3, 0.4) is 0 Å². The van der Waals surface area contributed by atoms with Crippen LogP contribution >= 0.6 is 15.9 Å². The van der Waals surface area contributed by atoms with Gasteiger partial charge in [-0.05, 0) is 66.4 Å². The van der Waals surface area contributed by atoms with Gasteiger partial charge >= 0.3 is 0 Å². The van der Waals surface area contributed by atoms with Crippen molar-refractivity contribution in [3.05, 3.63) is 93.7 Å². The summed E-state index contributed by atoms with van der Waals surface area (Å²) >= 11 is 3.43. The number of ketones is 1. The number of hydrogen-bond donors (Lipinski definition) is 1. The normalized spacial score (nSPS) is 17.4. The summed E-state index contributed by atoms with van der Waals surface area (Å²) in [6, 6.07) is 15.2. The molecule has 1 N–H and O–H groups in total. The molecule has 1 amide bonds. The zero-order chi connectivity index (χ0) is 24.4. The lowest BCUT2D eigenvalue weighted by molar-refractivity contribution is -0.132. The zero-order valence-corrected chi connectivity index (χ0v) is 20.7. The van der Waals surface area contributed by atoms with Crippen molar-refractivity contribution in [2.75, 3.05) is 11.5 Å². The third-order valence-corrected chi connectivity index (χ3v) is 6.23. The van der Waals surface area contributed by atoms with E-state index >= 15 is 0 Å². The number of nitrogens with zero attached hydrogens (tertiary/aromatic N) is 2. The summed E-state index contributed by atoms with van der Waals surface area (Å²) in [6.45, 7) is 6.49. The lowest BCUT2D eigenvalue weighted by Crippen LogP contribution is -2.29. The Labute approximate surface area is 207 Å². The van der Waals surface area contributed by atoms with Gasteiger partial charge in [-0.3, -0.25) is 19.5 Å². The molecule has 2 aromatic carbocycles. The van der Waals surface area contributed by atoms with Crippen molar-refractivity contribution in [1.82, 2.24) is 4.98 Å². The van der Waals surface area contributed by atoms with Crippen molar-refractivity contribution in [3.63, 3.8) is 0 Å². The number of carbonyl (C=O) groups excluding carboxylic acids is 2. The predicted molar refractivity (Wildman–Crippen MR) is 135 cm³/mol. The Morgan fingerprint density at radius 2 is 1.94 bits per heavy atom. The number of hydrogen-bond acceptors (Lipinski definition) is 5. The Morgan fingerprint density at radius 1 is 1.15 bits per heavy atom. The van der Waals surface area contributed by atoms with E-state index in [0.29, 0.717) is 23.4 Å². The van der Waals surface area contributed by atoms with Gasteiger partial charge in [-0.15, -0.1) is 0 Å². The number of aliphatic hydroxyl groups excluding tert-OH is 1. The van der Waals surface area contributed by atoms with Gasteiger partial charge in [0.1, 0.15) is 11.5 Å². The largest absolute Gasteiger partial charge is 0.507 e. The van der Waals surface area contributed by atoms with Gasteiger partial charge < -0.3 is 9.84 Å². The molecule has 174 valence electrons. The molecule has 4 rings (SSSR count). The van der Waals surface area contributed by atoms with E-state index in [-0.39, 0.29) is 17.3 Å². The highest BCUT2D eigenvalue weighted by atomic mass is 79.9. The van der Waals surface area contributed by atoms with Crippen LogP contribution in [0.5, 0.6) is 5.75 Å². The molecule has 1 fully saturated rings. The van der Waals surface area contributed by atoms with Gasteiger partial charge in [0, 0.05) is 28.1 Å². The first-order valence-corrected chi connectivity index (χ1v) is 11.9. The third-order valence-electron chi connectivity index (χ3n) is 5.74. The number of halogens is 1. The number of anilines is 1. The van der Waals surface area contributed by atoms with E-state index < -0.39 is 17.7 Å². The molecule has 34 heavy (non-hydrogen) atoms. The zero-order valence-electron chi connectivity index (χ0n) is 19.2. The molecule has 2 heterocycles. The van der Waals surface area contributed by atoms with Crippen LogP contribution in [-0.4, -0.2) is 28.4 Å². The summed E-state index contributed by atoms with van der Waals surface area (Å²) < 4.78 is 6.50. The van der Waals surface area contributed by atoms with Crippen molar-refractivity contribution in [2.45, 2.75) is 32.7 Å². The number of aliphatic hydroxyl groups is 1. The monoisotopic (exact) mass is 520 g/mol. The van der Waals surface area contributed by atoms with Gasteiger partial charge in [-0.25, -0.2) is 0 Å². The quantitative estimate of drug-likeness (QED) is 0.245. The number of rotatable bonds is 6. The van der Waals surface area contributed by atoms with Crippen LogP contribution in [0.2, 0.25) is 0 Å². The Hall–Kier alpha value is -3.45. The van der Waals surface area contributed by atoms with Crippen molar-refractivity contribution < 1.29 is 19.4 Å². The van der Waals surface area contributed by atoms with E-state index in [0.717, 1.165) is 15.8 Å². The summed E-state index contributed by atoms with van der Waals surface area (Å²) in [6.07, 6.45) is 3.22. The Bertz CT molecular complexity index is 1270. The number of carbonyl (C=O) groups is 2. The van der Waals surface area contributed by atoms with Gasteiger partial charge in [0.05, 0.1) is 18.2 Å². The second-order valence-electron chi connectivity index (χ2n) is 8.28. The fourth-order valence-electron chi connectivity index (χ4n) is 4.17. The minimum atomic E-state index is -0.822. The summed E-state index contributed by atoms with van der Waals surface area (Å²) in [5.74, 6) is -0.815. The van der Waals surface area contributed by atoms with Gasteiger partial charge in [-0.1, -0.05) is 41.9 Å². The van der Waals surface area contributed by atoms with Gasteiger partial charge in [0.25, 0.3) is 11.7 Å². The third kappa shape index (κ3) is 4.35. The maximum absolute atomic E-state index is 13.3. The average Bonchev–Trinajstić information content (AvgIpc) is 3.10. The number of ether oxygens (including phenoxy) is 1. The van der Waals surface area contributed by atoms with Crippen LogP contribution in [0.15, 0.2) is 77.0 Å². The van der Waals surface area contributed by atoms with Crippen molar-refractivity contribution >= 4 is 39.1 Å². The van der Waals surface area contributed by atoms with E-state index in [1.54, 1.807) is 54.9 Å². The van der Waals surface area contributed by atoms with E-state index in [1.165, 1.54) is 4.90 Å². The molecular formula is C27H25BrN2O4. The average molecular weight is 521 g/mol. The molecule has 0 aliphatic carbocycles. The molecule has 0 bridgehead atoms. The highest BCUT2D eigenvalue weighted by molar-refractivity contribution is 9.10. The molecular weight excluding hydrogens is 496 g/mol. The van der Waals surface area contributed by atoms with Crippen molar-refractivity contribution in [3.8, 4) is 5.75 Å². The number of benzene rings is 2. The minimum Gasteiger partial charge on any atom is -0.507 e. The summed E-state index contributed by atoms with van der Waals surface area (Å²) in [5, 5.41) is 11.4. The lowest BCUT2D eigenvalue weighted by Gasteiger charge is -2.25. The molecule has 1 aliphatic rings. The Morgan fingerprint density at radius 3 is 2.59 bits per heavy atom. The Kier molecular flexibility index (Phi) is 6.84. The van der Waals surface area contributed by atoms with Crippen LogP contribution in [0.4, 0.5) is 5.69 Å². The standard InChI is InChI=1S/C27H25BrN2O4/c1-4-34-22-11-10-17(13-21(22)16(2)3)25(31)23-24(18-7-6-12-29-15-18)30(27(33)26(23)32)20-9-5-8-19(28)14-20/h5-16,24,31H,4H2,1-3H3/b25-23-. The molecule has 0 saturated carbocycles. The van der Waals surface area contributed by atoms with Crippen LogP contribution in [0.25, 0.3) is 5.76 Å². The summed E-state index contributed by atoms with van der Waals surface area (Å²) in [5.41, 5.74) is 2.55. The first-order valence-electron chi connectivity index (χ1n) is 11.1. The SMILES string of the molecule is CCOc1ccc(/C(O)=C2/C(=O)C(=O)N(c3cccc(Br)c3)C2c2cccnc2)cc1C(C)C. The fraction of sp³-hybridized carbons (Fsp3) is 0.222. The lowest BCUT2D eigenvalue weighted by atomic mass is 9.93. The van der Waals surface area contributed by atoms with Crippen molar-refractivity contribution in [1.29, 1.82) is 0 Å². The Balaban J connectivity index is 1.92.